The van der Waals surface area contributed by atoms with Crippen LogP contribution >= 0.6 is 0 Å². The number of allylic oxidation sites excluding steroid dienone is 12. The molecule has 0 fully saturated rings. The van der Waals surface area contributed by atoms with Gasteiger partial charge >= 0.3 is 17.9 Å². The van der Waals surface area contributed by atoms with Crippen LogP contribution in [0.15, 0.2) is 72.9 Å². The van der Waals surface area contributed by atoms with Crippen molar-refractivity contribution in [3.8, 4) is 0 Å². The van der Waals surface area contributed by atoms with Crippen LogP contribution < -0.4 is 0 Å². The molecule has 0 N–H and O–H groups in total. The lowest BCUT2D eigenvalue weighted by Gasteiger charge is -2.18. The smallest absolute Gasteiger partial charge is 0.306 e. The molecule has 344 valence electrons. The lowest BCUT2D eigenvalue weighted by molar-refractivity contribution is -0.167. The van der Waals surface area contributed by atoms with Crippen molar-refractivity contribution in [2.75, 3.05) is 13.2 Å². The zero-order valence-corrected chi connectivity index (χ0v) is 39.2. The maximum Gasteiger partial charge on any atom is 0.306 e. The first-order chi connectivity index (χ1) is 29.5. The molecule has 6 heteroatoms. The minimum Gasteiger partial charge on any atom is -0.462 e. The molecule has 60 heavy (non-hydrogen) atoms. The van der Waals surface area contributed by atoms with E-state index in [4.69, 9.17) is 14.2 Å². The van der Waals surface area contributed by atoms with Crippen molar-refractivity contribution in [1.29, 1.82) is 0 Å². The highest BCUT2D eigenvalue weighted by Crippen LogP contribution is 2.13. The van der Waals surface area contributed by atoms with E-state index in [1.54, 1.807) is 0 Å². The van der Waals surface area contributed by atoms with Crippen LogP contribution in [0, 0.1) is 0 Å². The average molecular weight is 837 g/mol. The summed E-state index contributed by atoms with van der Waals surface area (Å²) < 4.78 is 16.7. The van der Waals surface area contributed by atoms with E-state index in [1.165, 1.54) is 83.5 Å². The number of ether oxygens (including phenoxy) is 3. The van der Waals surface area contributed by atoms with Gasteiger partial charge < -0.3 is 14.2 Å². The van der Waals surface area contributed by atoms with Crippen LogP contribution in [0.3, 0.4) is 0 Å². The topological polar surface area (TPSA) is 78.9 Å². The molecule has 0 saturated carbocycles. The fourth-order valence-electron chi connectivity index (χ4n) is 6.68. The van der Waals surface area contributed by atoms with Gasteiger partial charge in [-0.3, -0.25) is 14.4 Å². The van der Waals surface area contributed by atoms with Crippen molar-refractivity contribution in [3.63, 3.8) is 0 Å². The van der Waals surface area contributed by atoms with Crippen molar-refractivity contribution >= 4 is 17.9 Å². The predicted molar refractivity (Wildman–Crippen MR) is 256 cm³/mol. The van der Waals surface area contributed by atoms with Crippen LogP contribution in [0.4, 0.5) is 0 Å². The summed E-state index contributed by atoms with van der Waals surface area (Å²) in [6, 6.07) is 0. The average Bonchev–Trinajstić information content (AvgIpc) is 3.24. The number of esters is 3. The summed E-state index contributed by atoms with van der Waals surface area (Å²) in [6.07, 6.45) is 60.3. The number of hydrogen-bond donors (Lipinski definition) is 0. The lowest BCUT2D eigenvalue weighted by Crippen LogP contribution is -2.30. The number of carbonyl (C=O) groups is 3. The Bertz CT molecular complexity index is 1140. The molecule has 0 spiro atoms. The number of hydrogen-bond acceptors (Lipinski definition) is 6. The molecule has 0 aromatic carbocycles. The third-order valence-electron chi connectivity index (χ3n) is 10.4. The van der Waals surface area contributed by atoms with Crippen molar-refractivity contribution < 1.29 is 28.6 Å². The van der Waals surface area contributed by atoms with E-state index in [9.17, 15) is 14.4 Å². The Morgan fingerprint density at radius 2 is 0.700 bits per heavy atom. The standard InChI is InChI=1S/C54H92O6/c1-4-7-10-13-16-19-22-25-26-27-28-29-30-33-35-38-41-44-47-53(56)59-50-51(60-54(57)48-45-42-39-36-32-24-21-18-15-12-9-6-3)49-58-52(55)46-43-40-37-34-31-23-20-17-14-11-8-5-2/h9,12,17-18,20-21,26-29,32,36,51H,4-8,10-11,13-16,19,22-25,30-31,33-35,37-50H2,1-3H3/b12-9-,20-17-,21-18-,27-26-,29-28-,36-32-. The van der Waals surface area contributed by atoms with Crippen LogP contribution in [-0.2, 0) is 28.6 Å². The van der Waals surface area contributed by atoms with Gasteiger partial charge in [-0.15, -0.1) is 0 Å². The van der Waals surface area contributed by atoms with Gasteiger partial charge in [-0.2, -0.15) is 0 Å². The Hall–Kier alpha value is -3.15. The summed E-state index contributed by atoms with van der Waals surface area (Å²) in [5.74, 6) is -0.967. The summed E-state index contributed by atoms with van der Waals surface area (Å²) >= 11 is 0. The van der Waals surface area contributed by atoms with Gasteiger partial charge in [-0.25, -0.2) is 0 Å². The summed E-state index contributed by atoms with van der Waals surface area (Å²) in [4.78, 5) is 37.8. The molecule has 1 unspecified atom stereocenters. The first-order valence-corrected chi connectivity index (χ1v) is 25.0. The normalized spacial score (nSPS) is 12.7. The van der Waals surface area contributed by atoms with Crippen molar-refractivity contribution in [1.82, 2.24) is 0 Å². The molecule has 0 aliphatic rings. The summed E-state index contributed by atoms with van der Waals surface area (Å²) in [6.45, 7) is 6.43. The first-order valence-electron chi connectivity index (χ1n) is 25.0. The molecule has 0 aromatic rings. The Kier molecular flexibility index (Phi) is 46.0. The summed E-state index contributed by atoms with van der Waals surface area (Å²) in [5, 5.41) is 0. The number of rotatable bonds is 44. The van der Waals surface area contributed by atoms with Crippen LogP contribution in [-0.4, -0.2) is 37.2 Å². The molecule has 0 aliphatic heterocycles. The molecule has 6 nitrogen and oxygen atoms in total. The second kappa shape index (κ2) is 48.5. The van der Waals surface area contributed by atoms with E-state index in [-0.39, 0.29) is 37.5 Å². The summed E-state index contributed by atoms with van der Waals surface area (Å²) in [7, 11) is 0. The van der Waals surface area contributed by atoms with Gasteiger partial charge in [0.05, 0.1) is 0 Å². The fourth-order valence-corrected chi connectivity index (χ4v) is 6.68. The van der Waals surface area contributed by atoms with Crippen LogP contribution in [0.2, 0.25) is 0 Å². The van der Waals surface area contributed by atoms with E-state index in [2.05, 4.69) is 93.7 Å². The minimum atomic E-state index is -0.803. The molecule has 0 bridgehead atoms. The molecule has 0 aliphatic carbocycles. The lowest BCUT2D eigenvalue weighted by atomic mass is 10.1. The zero-order chi connectivity index (χ0) is 43.7. The maximum atomic E-state index is 12.7. The largest absolute Gasteiger partial charge is 0.462 e. The SMILES string of the molecule is CC/C=C\C/C=C\C/C=C\CCCCC(=O)OC(COC(=O)CCCCCCC/C=C\C=C/CCCCCCCCC)COC(=O)CCCCCCC/C=C\CCCCC. The van der Waals surface area contributed by atoms with E-state index in [1.807, 2.05) is 0 Å². The second-order valence-electron chi connectivity index (χ2n) is 16.4. The summed E-state index contributed by atoms with van der Waals surface area (Å²) in [5.41, 5.74) is 0. The van der Waals surface area contributed by atoms with E-state index >= 15 is 0 Å². The van der Waals surface area contributed by atoms with Crippen LogP contribution in [0.25, 0.3) is 0 Å². The molecule has 1 atom stereocenters. The highest BCUT2D eigenvalue weighted by molar-refractivity contribution is 5.71. The van der Waals surface area contributed by atoms with Gasteiger partial charge in [0.15, 0.2) is 6.10 Å². The van der Waals surface area contributed by atoms with Crippen LogP contribution in [0.5, 0.6) is 0 Å². The molecule has 0 rings (SSSR count). The monoisotopic (exact) mass is 837 g/mol. The van der Waals surface area contributed by atoms with E-state index in [0.717, 1.165) is 103 Å². The molecule has 0 heterocycles. The second-order valence-corrected chi connectivity index (χ2v) is 16.4. The van der Waals surface area contributed by atoms with Gasteiger partial charge in [-0.1, -0.05) is 184 Å². The van der Waals surface area contributed by atoms with E-state index < -0.39 is 6.10 Å². The van der Waals surface area contributed by atoms with Crippen LogP contribution in [0.1, 0.15) is 233 Å². The Morgan fingerprint density at radius 3 is 1.20 bits per heavy atom. The molecular weight excluding hydrogens is 745 g/mol. The van der Waals surface area contributed by atoms with Crippen molar-refractivity contribution in [3.05, 3.63) is 72.9 Å². The number of unbranched alkanes of at least 4 members (excludes halogenated alkanes) is 22. The molecule has 0 saturated heterocycles. The zero-order valence-electron chi connectivity index (χ0n) is 39.2. The van der Waals surface area contributed by atoms with Gasteiger partial charge in [0.1, 0.15) is 13.2 Å². The molecule has 0 amide bonds. The third kappa shape index (κ3) is 45.9. The quantitative estimate of drug-likeness (QED) is 0.0200. The first kappa shape index (κ1) is 56.9. The van der Waals surface area contributed by atoms with E-state index in [0.29, 0.717) is 19.3 Å². The molecular formula is C54H92O6. The van der Waals surface area contributed by atoms with Crippen molar-refractivity contribution in [2.24, 2.45) is 0 Å². The Balaban J connectivity index is 4.43. The molecule has 0 radical (unpaired) electrons. The number of carbonyl (C=O) groups excluding carboxylic acids is 3. The van der Waals surface area contributed by atoms with Gasteiger partial charge in [0.25, 0.3) is 0 Å². The maximum absolute atomic E-state index is 12.7. The van der Waals surface area contributed by atoms with Gasteiger partial charge in [-0.05, 0) is 103 Å². The highest BCUT2D eigenvalue weighted by Gasteiger charge is 2.19. The van der Waals surface area contributed by atoms with Gasteiger partial charge in [0.2, 0.25) is 0 Å². The third-order valence-corrected chi connectivity index (χ3v) is 10.4. The Labute approximate surface area is 370 Å². The van der Waals surface area contributed by atoms with Gasteiger partial charge in [0, 0.05) is 19.3 Å². The van der Waals surface area contributed by atoms with Crippen molar-refractivity contribution in [2.45, 2.75) is 239 Å². The Morgan fingerprint density at radius 1 is 0.367 bits per heavy atom. The highest BCUT2D eigenvalue weighted by atomic mass is 16.6. The fraction of sp³-hybridized carbons (Fsp3) is 0.722. The predicted octanol–water partition coefficient (Wildman–Crippen LogP) is 16.3. The minimum absolute atomic E-state index is 0.101. The molecule has 0 aromatic heterocycles.